The van der Waals surface area contributed by atoms with Gasteiger partial charge in [-0.15, -0.1) is 0 Å². The first-order chi connectivity index (χ1) is 12.9. The maximum absolute atomic E-state index is 12.2. The van der Waals surface area contributed by atoms with Crippen LogP contribution in [0.5, 0.6) is 5.75 Å². The number of phenols is 1. The van der Waals surface area contributed by atoms with Gasteiger partial charge in [-0.1, -0.05) is 23.7 Å². The molecule has 0 saturated heterocycles. The molecule has 1 aromatic heterocycles. The van der Waals surface area contributed by atoms with Crippen LogP contribution in [0.3, 0.4) is 0 Å². The zero-order valence-electron chi connectivity index (χ0n) is 13.7. The number of carbonyl (C=O) groups excluding carboxylic acids is 1. The summed E-state index contributed by atoms with van der Waals surface area (Å²) in [7, 11) is 0. The van der Waals surface area contributed by atoms with Gasteiger partial charge < -0.3 is 5.11 Å². The summed E-state index contributed by atoms with van der Waals surface area (Å²) in [5.41, 5.74) is 4.41. The van der Waals surface area contributed by atoms with E-state index >= 15 is 0 Å². The van der Waals surface area contributed by atoms with Crippen molar-refractivity contribution in [3.05, 3.63) is 79.5 Å². The zero-order chi connectivity index (χ0) is 19.4. The fourth-order valence-electron chi connectivity index (χ4n) is 2.23. The average Bonchev–Trinajstić information content (AvgIpc) is 3.10. The van der Waals surface area contributed by atoms with E-state index in [1.165, 1.54) is 6.21 Å². The standard InChI is InChI=1S/C18H13Br2ClN4O2/c19-14-7-12(8-15(20)17(14)26)9-22-23-18(27)16-5-6-25(24-16)10-11-1-3-13(21)4-2-11/h1-9,26H,10H2,(H,23,27). The molecule has 0 bridgehead atoms. The van der Waals surface area contributed by atoms with Gasteiger partial charge in [0.15, 0.2) is 5.69 Å². The van der Waals surface area contributed by atoms with Gasteiger partial charge in [0.25, 0.3) is 5.91 Å². The highest BCUT2D eigenvalue weighted by atomic mass is 79.9. The summed E-state index contributed by atoms with van der Waals surface area (Å²) in [6, 6.07) is 12.4. The lowest BCUT2D eigenvalue weighted by Gasteiger charge is -2.02. The van der Waals surface area contributed by atoms with Crippen molar-refractivity contribution >= 4 is 55.6 Å². The lowest BCUT2D eigenvalue weighted by atomic mass is 10.2. The maximum atomic E-state index is 12.2. The highest BCUT2D eigenvalue weighted by Gasteiger charge is 2.09. The Bertz CT molecular complexity index is 980. The van der Waals surface area contributed by atoms with Crippen molar-refractivity contribution in [2.24, 2.45) is 5.10 Å². The Hall–Kier alpha value is -2.16. The van der Waals surface area contributed by atoms with E-state index in [0.29, 0.717) is 26.1 Å². The van der Waals surface area contributed by atoms with Gasteiger partial charge in [0.05, 0.1) is 21.7 Å². The number of halogens is 3. The predicted molar refractivity (Wildman–Crippen MR) is 111 cm³/mol. The molecule has 0 aliphatic carbocycles. The minimum atomic E-state index is -0.419. The van der Waals surface area contributed by atoms with E-state index in [9.17, 15) is 9.90 Å². The van der Waals surface area contributed by atoms with E-state index in [-0.39, 0.29) is 11.4 Å². The third kappa shape index (κ3) is 5.18. The second-order valence-electron chi connectivity index (χ2n) is 5.56. The summed E-state index contributed by atoms with van der Waals surface area (Å²) in [6.45, 7) is 0.531. The van der Waals surface area contributed by atoms with Gasteiger partial charge in [0.1, 0.15) is 5.75 Å². The second kappa shape index (κ2) is 8.69. The molecule has 27 heavy (non-hydrogen) atoms. The molecule has 0 fully saturated rings. The molecule has 0 saturated carbocycles. The number of hydrogen-bond acceptors (Lipinski definition) is 4. The van der Waals surface area contributed by atoms with E-state index in [2.05, 4.69) is 47.5 Å². The summed E-state index contributed by atoms with van der Waals surface area (Å²) in [4.78, 5) is 12.2. The minimum absolute atomic E-state index is 0.0995. The number of hydrazone groups is 1. The van der Waals surface area contributed by atoms with Gasteiger partial charge in [0.2, 0.25) is 0 Å². The molecule has 6 nitrogen and oxygen atoms in total. The molecule has 138 valence electrons. The summed E-state index contributed by atoms with van der Waals surface area (Å²) in [5.74, 6) is -0.319. The Morgan fingerprint density at radius 1 is 1.22 bits per heavy atom. The van der Waals surface area contributed by atoms with E-state index in [4.69, 9.17) is 11.6 Å². The molecule has 1 heterocycles. The van der Waals surface area contributed by atoms with Crippen LogP contribution in [0, 0.1) is 0 Å². The van der Waals surface area contributed by atoms with Crippen molar-refractivity contribution in [1.29, 1.82) is 0 Å². The number of amides is 1. The Kier molecular flexibility index (Phi) is 6.30. The van der Waals surface area contributed by atoms with Crippen molar-refractivity contribution < 1.29 is 9.90 Å². The van der Waals surface area contributed by atoms with Crippen molar-refractivity contribution in [2.45, 2.75) is 6.54 Å². The molecule has 9 heteroatoms. The average molecular weight is 513 g/mol. The van der Waals surface area contributed by atoms with Crippen LogP contribution in [0.2, 0.25) is 5.02 Å². The molecule has 3 rings (SSSR count). The Balaban J connectivity index is 1.61. The van der Waals surface area contributed by atoms with Crippen LogP contribution >= 0.6 is 43.5 Å². The number of aromatic hydroxyl groups is 1. The molecule has 0 radical (unpaired) electrons. The molecule has 0 aliphatic heterocycles. The first-order valence-corrected chi connectivity index (χ1v) is 9.68. The minimum Gasteiger partial charge on any atom is -0.506 e. The summed E-state index contributed by atoms with van der Waals surface area (Å²) in [6.07, 6.45) is 3.19. The quantitative estimate of drug-likeness (QED) is 0.388. The number of hydrogen-bond donors (Lipinski definition) is 2. The first-order valence-electron chi connectivity index (χ1n) is 7.71. The van der Waals surface area contributed by atoms with Crippen LogP contribution in [0.1, 0.15) is 21.6 Å². The molecule has 2 aromatic carbocycles. The molecular formula is C18H13Br2ClN4O2. The van der Waals surface area contributed by atoms with Gasteiger partial charge >= 0.3 is 0 Å². The first kappa shape index (κ1) is 19.6. The summed E-state index contributed by atoms with van der Waals surface area (Å²) < 4.78 is 2.70. The lowest BCUT2D eigenvalue weighted by Crippen LogP contribution is -2.18. The highest BCUT2D eigenvalue weighted by Crippen LogP contribution is 2.32. The Morgan fingerprint density at radius 2 is 1.89 bits per heavy atom. The Labute approximate surface area is 177 Å². The fraction of sp³-hybridized carbons (Fsp3) is 0.0556. The molecule has 0 spiro atoms. The van der Waals surface area contributed by atoms with Crippen molar-refractivity contribution in [3.63, 3.8) is 0 Å². The summed E-state index contributed by atoms with van der Waals surface area (Å²) >= 11 is 12.3. The number of carbonyl (C=O) groups is 1. The number of nitrogens with zero attached hydrogens (tertiary/aromatic N) is 3. The van der Waals surface area contributed by atoms with Crippen LogP contribution in [0.15, 0.2) is 62.7 Å². The normalized spacial score (nSPS) is 11.1. The summed E-state index contributed by atoms with van der Waals surface area (Å²) in [5, 5.41) is 18.5. The molecule has 0 aliphatic rings. The predicted octanol–water partition coefficient (Wildman–Crippen LogP) is 4.58. The molecular weight excluding hydrogens is 499 g/mol. The fourth-order valence-corrected chi connectivity index (χ4v) is 3.58. The monoisotopic (exact) mass is 510 g/mol. The third-order valence-electron chi connectivity index (χ3n) is 3.55. The van der Waals surface area contributed by atoms with E-state index < -0.39 is 5.91 Å². The zero-order valence-corrected chi connectivity index (χ0v) is 17.7. The smallest absolute Gasteiger partial charge is 0.291 e. The maximum Gasteiger partial charge on any atom is 0.291 e. The molecule has 1 amide bonds. The highest BCUT2D eigenvalue weighted by molar-refractivity contribution is 9.11. The third-order valence-corrected chi connectivity index (χ3v) is 5.01. The van der Waals surface area contributed by atoms with Crippen LogP contribution < -0.4 is 5.43 Å². The van der Waals surface area contributed by atoms with Crippen LogP contribution in [0.4, 0.5) is 0 Å². The van der Waals surface area contributed by atoms with Crippen LogP contribution in [-0.4, -0.2) is 27.0 Å². The topological polar surface area (TPSA) is 79.5 Å². The lowest BCUT2D eigenvalue weighted by molar-refractivity contribution is 0.0949. The van der Waals surface area contributed by atoms with Crippen molar-refractivity contribution in [2.75, 3.05) is 0 Å². The molecule has 3 aromatic rings. The van der Waals surface area contributed by atoms with Crippen molar-refractivity contribution in [1.82, 2.24) is 15.2 Å². The number of rotatable bonds is 5. The van der Waals surface area contributed by atoms with E-state index in [1.807, 2.05) is 24.3 Å². The van der Waals surface area contributed by atoms with E-state index in [1.54, 1.807) is 29.1 Å². The van der Waals surface area contributed by atoms with Gasteiger partial charge in [-0.05, 0) is 73.3 Å². The van der Waals surface area contributed by atoms with Crippen LogP contribution in [0.25, 0.3) is 0 Å². The largest absolute Gasteiger partial charge is 0.506 e. The van der Waals surface area contributed by atoms with Gasteiger partial charge in [-0.2, -0.15) is 10.2 Å². The van der Waals surface area contributed by atoms with E-state index in [0.717, 1.165) is 5.56 Å². The number of nitrogens with one attached hydrogen (secondary N) is 1. The molecule has 0 atom stereocenters. The number of benzene rings is 2. The molecule has 2 N–H and O–H groups in total. The van der Waals surface area contributed by atoms with Gasteiger partial charge in [-0.25, -0.2) is 5.43 Å². The number of aromatic nitrogens is 2. The molecule has 0 unspecified atom stereocenters. The Morgan fingerprint density at radius 3 is 2.56 bits per heavy atom. The number of phenolic OH excluding ortho intramolecular Hbond substituents is 1. The van der Waals surface area contributed by atoms with Crippen LogP contribution in [-0.2, 0) is 6.54 Å². The SMILES string of the molecule is O=C(NN=Cc1cc(Br)c(O)c(Br)c1)c1ccn(Cc2ccc(Cl)cc2)n1. The van der Waals surface area contributed by atoms with Gasteiger partial charge in [-0.3, -0.25) is 9.48 Å². The second-order valence-corrected chi connectivity index (χ2v) is 7.70. The van der Waals surface area contributed by atoms with Gasteiger partial charge in [0, 0.05) is 11.2 Å². The van der Waals surface area contributed by atoms with Crippen molar-refractivity contribution in [3.8, 4) is 5.75 Å².